The molecular formula is C16H21N3O2S. The molecule has 118 valence electrons. The average molecular weight is 319 g/mol. The molecule has 0 bridgehead atoms. The van der Waals surface area contributed by atoms with Gasteiger partial charge in [0.05, 0.1) is 24.4 Å². The monoisotopic (exact) mass is 319 g/mol. The summed E-state index contributed by atoms with van der Waals surface area (Å²) in [6.45, 7) is 4.83. The second-order valence-electron chi connectivity index (χ2n) is 5.10. The minimum Gasteiger partial charge on any atom is -0.395 e. The van der Waals surface area contributed by atoms with Crippen LogP contribution in [0.1, 0.15) is 39.2 Å². The van der Waals surface area contributed by atoms with Crippen molar-refractivity contribution < 1.29 is 9.90 Å². The van der Waals surface area contributed by atoms with Gasteiger partial charge in [0.25, 0.3) is 5.91 Å². The van der Waals surface area contributed by atoms with E-state index in [0.717, 1.165) is 23.4 Å². The number of aliphatic hydroxyl groups excluding tert-OH is 1. The lowest BCUT2D eigenvalue weighted by Gasteiger charge is -2.22. The average Bonchev–Trinajstić information content (AvgIpc) is 2.92. The minimum atomic E-state index is -0.121. The first kappa shape index (κ1) is 16.6. The predicted octanol–water partition coefficient (Wildman–Crippen LogP) is 2.43. The van der Waals surface area contributed by atoms with E-state index in [9.17, 15) is 9.90 Å². The summed E-state index contributed by atoms with van der Waals surface area (Å²) in [5.74, 6) is -0.121. The summed E-state index contributed by atoms with van der Waals surface area (Å²) in [5, 5.41) is 9.27. The highest BCUT2D eigenvalue weighted by atomic mass is 32.1. The van der Waals surface area contributed by atoms with Gasteiger partial charge in [-0.25, -0.2) is 9.97 Å². The van der Waals surface area contributed by atoms with Gasteiger partial charge in [-0.2, -0.15) is 0 Å². The van der Waals surface area contributed by atoms with Crippen LogP contribution < -0.4 is 0 Å². The summed E-state index contributed by atoms with van der Waals surface area (Å²) < 4.78 is 0. The fraction of sp³-hybridized carbons (Fsp3) is 0.438. The van der Waals surface area contributed by atoms with Crippen molar-refractivity contribution in [2.45, 2.75) is 33.2 Å². The highest BCUT2D eigenvalue weighted by Gasteiger charge is 2.20. The van der Waals surface area contributed by atoms with Gasteiger partial charge in [0.2, 0.25) is 0 Å². The van der Waals surface area contributed by atoms with E-state index in [-0.39, 0.29) is 12.5 Å². The number of thiophene rings is 1. The first-order chi connectivity index (χ1) is 10.7. The largest absolute Gasteiger partial charge is 0.395 e. The van der Waals surface area contributed by atoms with E-state index in [2.05, 4.69) is 16.9 Å². The normalized spacial score (nSPS) is 10.7. The van der Waals surface area contributed by atoms with Crippen LogP contribution in [0.5, 0.6) is 0 Å². The highest BCUT2D eigenvalue weighted by Crippen LogP contribution is 2.19. The zero-order valence-corrected chi connectivity index (χ0v) is 13.8. The summed E-state index contributed by atoms with van der Waals surface area (Å²) in [5.41, 5.74) is 1.30. The van der Waals surface area contributed by atoms with Crippen LogP contribution in [-0.2, 0) is 13.0 Å². The summed E-state index contributed by atoms with van der Waals surface area (Å²) >= 11 is 1.66. The molecule has 0 atom stereocenters. The number of hydrogen-bond donors (Lipinski definition) is 1. The maximum absolute atomic E-state index is 12.8. The number of aliphatic hydroxyl groups is 1. The molecular weight excluding hydrogens is 298 g/mol. The van der Waals surface area contributed by atoms with Crippen molar-refractivity contribution in [3.63, 3.8) is 0 Å². The Labute approximate surface area is 134 Å². The molecule has 0 aliphatic rings. The van der Waals surface area contributed by atoms with Gasteiger partial charge in [-0.1, -0.05) is 13.3 Å². The Morgan fingerprint density at radius 2 is 2.23 bits per heavy atom. The number of aryl methyl sites for hydroxylation is 2. The second-order valence-corrected chi connectivity index (χ2v) is 6.47. The van der Waals surface area contributed by atoms with Crippen molar-refractivity contribution in [2.24, 2.45) is 0 Å². The van der Waals surface area contributed by atoms with Gasteiger partial charge in [-0.05, 0) is 25.5 Å². The Bertz CT molecular complexity index is 627. The first-order valence-corrected chi connectivity index (χ1v) is 8.21. The highest BCUT2D eigenvalue weighted by molar-refractivity contribution is 7.11. The summed E-state index contributed by atoms with van der Waals surface area (Å²) in [6, 6.07) is 4.06. The number of hydrogen-bond acceptors (Lipinski definition) is 5. The van der Waals surface area contributed by atoms with Gasteiger partial charge in [0, 0.05) is 22.5 Å². The number of aromatic nitrogens is 2. The number of nitrogens with zero attached hydrogens (tertiary/aromatic N) is 3. The van der Waals surface area contributed by atoms with Crippen LogP contribution in [0.4, 0.5) is 0 Å². The van der Waals surface area contributed by atoms with E-state index in [1.54, 1.807) is 22.4 Å². The van der Waals surface area contributed by atoms with Crippen molar-refractivity contribution in [1.29, 1.82) is 0 Å². The van der Waals surface area contributed by atoms with E-state index in [1.165, 1.54) is 11.2 Å². The lowest BCUT2D eigenvalue weighted by Crippen LogP contribution is -2.33. The standard InChI is InChI=1S/C16H21N3O2S/c1-3-4-15-14(9-17-11-18-15)16(21)19(7-8-20)10-13-6-5-12(2)22-13/h5-6,9,11,20H,3-4,7-8,10H2,1-2H3. The molecule has 2 aromatic rings. The molecule has 0 spiro atoms. The van der Waals surface area contributed by atoms with Gasteiger partial charge in [0.1, 0.15) is 6.33 Å². The number of amides is 1. The molecule has 6 heteroatoms. The third-order valence-electron chi connectivity index (χ3n) is 3.31. The molecule has 0 saturated carbocycles. The third-order valence-corrected chi connectivity index (χ3v) is 4.30. The van der Waals surface area contributed by atoms with Crippen LogP contribution in [0.25, 0.3) is 0 Å². The van der Waals surface area contributed by atoms with Crippen molar-refractivity contribution in [3.05, 3.63) is 45.7 Å². The topological polar surface area (TPSA) is 66.3 Å². The Hall–Kier alpha value is -1.79. The predicted molar refractivity (Wildman–Crippen MR) is 86.9 cm³/mol. The molecule has 0 saturated heterocycles. The van der Waals surface area contributed by atoms with E-state index >= 15 is 0 Å². The van der Waals surface area contributed by atoms with Crippen LogP contribution >= 0.6 is 11.3 Å². The fourth-order valence-electron chi connectivity index (χ4n) is 2.27. The van der Waals surface area contributed by atoms with Gasteiger partial charge < -0.3 is 10.0 Å². The molecule has 0 fully saturated rings. The SMILES string of the molecule is CCCc1ncncc1C(=O)N(CCO)Cc1ccc(C)s1. The third kappa shape index (κ3) is 4.11. The Kier molecular flexibility index (Phi) is 6.03. The molecule has 0 unspecified atom stereocenters. The smallest absolute Gasteiger partial charge is 0.257 e. The quantitative estimate of drug-likeness (QED) is 0.851. The summed E-state index contributed by atoms with van der Waals surface area (Å²) in [4.78, 5) is 25.0. The maximum Gasteiger partial charge on any atom is 0.257 e. The minimum absolute atomic E-state index is 0.0626. The van der Waals surface area contributed by atoms with Gasteiger partial charge in [-0.15, -0.1) is 11.3 Å². The van der Waals surface area contributed by atoms with E-state index < -0.39 is 0 Å². The molecule has 5 nitrogen and oxygen atoms in total. The maximum atomic E-state index is 12.8. The molecule has 2 heterocycles. The molecule has 0 aromatic carbocycles. The van der Waals surface area contributed by atoms with Crippen molar-refractivity contribution >= 4 is 17.2 Å². The Morgan fingerprint density at radius 3 is 2.86 bits per heavy atom. The molecule has 2 aromatic heterocycles. The second kappa shape index (κ2) is 8.00. The molecule has 0 radical (unpaired) electrons. The zero-order valence-electron chi connectivity index (χ0n) is 13.0. The number of carbonyl (C=O) groups excluding carboxylic acids is 1. The number of carbonyl (C=O) groups is 1. The zero-order chi connectivity index (χ0) is 15.9. The molecule has 1 N–H and O–H groups in total. The van der Waals surface area contributed by atoms with Gasteiger partial charge in [0.15, 0.2) is 0 Å². The van der Waals surface area contributed by atoms with Crippen molar-refractivity contribution in [3.8, 4) is 0 Å². The lowest BCUT2D eigenvalue weighted by molar-refractivity contribution is 0.0707. The Balaban J connectivity index is 2.22. The van der Waals surface area contributed by atoms with Crippen LogP contribution in [0, 0.1) is 6.92 Å². The molecule has 2 rings (SSSR count). The van der Waals surface area contributed by atoms with Crippen LogP contribution in [-0.4, -0.2) is 39.0 Å². The Morgan fingerprint density at radius 1 is 1.41 bits per heavy atom. The number of rotatable bonds is 7. The van der Waals surface area contributed by atoms with Crippen molar-refractivity contribution in [2.75, 3.05) is 13.2 Å². The van der Waals surface area contributed by atoms with Crippen LogP contribution in [0.15, 0.2) is 24.7 Å². The molecule has 0 aliphatic carbocycles. The first-order valence-electron chi connectivity index (χ1n) is 7.40. The molecule has 22 heavy (non-hydrogen) atoms. The molecule has 0 aliphatic heterocycles. The van der Waals surface area contributed by atoms with Gasteiger partial charge in [-0.3, -0.25) is 4.79 Å². The van der Waals surface area contributed by atoms with Crippen LogP contribution in [0.3, 0.4) is 0 Å². The van der Waals surface area contributed by atoms with Crippen LogP contribution in [0.2, 0.25) is 0 Å². The van der Waals surface area contributed by atoms with E-state index in [1.807, 2.05) is 19.1 Å². The fourth-order valence-corrected chi connectivity index (χ4v) is 3.18. The lowest BCUT2D eigenvalue weighted by atomic mass is 10.1. The van der Waals surface area contributed by atoms with E-state index in [0.29, 0.717) is 18.7 Å². The summed E-state index contributed by atoms with van der Waals surface area (Å²) in [6.07, 6.45) is 4.71. The van der Waals surface area contributed by atoms with Gasteiger partial charge >= 0.3 is 0 Å². The summed E-state index contributed by atoms with van der Waals surface area (Å²) in [7, 11) is 0. The molecule has 1 amide bonds. The van der Waals surface area contributed by atoms with Crippen molar-refractivity contribution in [1.82, 2.24) is 14.9 Å². The van der Waals surface area contributed by atoms with E-state index in [4.69, 9.17) is 0 Å².